The van der Waals surface area contributed by atoms with E-state index in [1.807, 2.05) is 17.6 Å². The van der Waals surface area contributed by atoms with Crippen molar-refractivity contribution in [3.63, 3.8) is 0 Å². The molecule has 0 saturated carbocycles. The highest BCUT2D eigenvalue weighted by atomic mass is 15.2. The zero-order valence-corrected chi connectivity index (χ0v) is 12.0. The van der Waals surface area contributed by atoms with Crippen LogP contribution in [0.3, 0.4) is 0 Å². The molecular weight excluding hydrogens is 250 g/mol. The average molecular weight is 269 g/mol. The third-order valence-corrected chi connectivity index (χ3v) is 3.84. The summed E-state index contributed by atoms with van der Waals surface area (Å²) < 4.78 is 2.01. The summed E-state index contributed by atoms with van der Waals surface area (Å²) in [6.07, 6.45) is 3.09. The first-order valence-corrected chi connectivity index (χ1v) is 7.05. The number of H-pyrrole nitrogens is 1. The molecule has 0 radical (unpaired) electrons. The highest BCUT2D eigenvalue weighted by molar-refractivity contribution is 5.29. The first kappa shape index (κ1) is 12.9. The van der Waals surface area contributed by atoms with Gasteiger partial charge in [0.25, 0.3) is 0 Å². The molecule has 0 unspecified atom stereocenters. The number of hydrogen-bond donors (Lipinski definition) is 1. The molecule has 0 atom stereocenters. The molecule has 0 fully saturated rings. The maximum atomic E-state index is 9.10. The molecule has 1 aliphatic rings. The fraction of sp³-hybridized carbons (Fsp3) is 0.467. The van der Waals surface area contributed by atoms with Crippen molar-refractivity contribution < 1.29 is 0 Å². The molecule has 2 aromatic rings. The van der Waals surface area contributed by atoms with Gasteiger partial charge >= 0.3 is 0 Å². The highest BCUT2D eigenvalue weighted by Gasteiger charge is 2.20. The number of nitrogens with one attached hydrogen (secondary N) is 1. The Hall–Kier alpha value is -2.06. The predicted molar refractivity (Wildman–Crippen MR) is 76.0 cm³/mol. The lowest BCUT2D eigenvalue weighted by Crippen LogP contribution is -2.30. The lowest BCUT2D eigenvalue weighted by Gasteiger charge is -2.25. The molecule has 0 amide bonds. The summed E-state index contributed by atoms with van der Waals surface area (Å²) in [5.74, 6) is 1.00. The van der Waals surface area contributed by atoms with Crippen LogP contribution in [-0.2, 0) is 26.1 Å². The Morgan fingerprint density at radius 1 is 1.50 bits per heavy atom. The number of imidazole rings is 1. The second kappa shape index (κ2) is 5.14. The zero-order chi connectivity index (χ0) is 14.1. The first-order chi connectivity index (χ1) is 9.69. The van der Waals surface area contributed by atoms with Crippen molar-refractivity contribution in [3.8, 4) is 6.07 Å². The molecule has 5 nitrogen and oxygen atoms in total. The molecule has 3 rings (SSSR count). The van der Waals surface area contributed by atoms with E-state index < -0.39 is 0 Å². The van der Waals surface area contributed by atoms with Crippen LogP contribution in [0, 0.1) is 18.3 Å². The van der Waals surface area contributed by atoms with Gasteiger partial charge in [-0.2, -0.15) is 5.26 Å². The van der Waals surface area contributed by atoms with Crippen LogP contribution in [0.1, 0.15) is 35.4 Å². The number of aromatic amines is 1. The van der Waals surface area contributed by atoms with Crippen LogP contribution in [0.4, 0.5) is 0 Å². The minimum absolute atomic E-state index is 0.748. The van der Waals surface area contributed by atoms with E-state index in [2.05, 4.69) is 34.1 Å². The van der Waals surface area contributed by atoms with Crippen LogP contribution in [0.5, 0.6) is 0 Å². The average Bonchev–Trinajstić information content (AvgIpc) is 3.00. The molecule has 1 N–H and O–H groups in total. The van der Waals surface area contributed by atoms with E-state index in [9.17, 15) is 0 Å². The Balaban J connectivity index is 1.73. The maximum absolute atomic E-state index is 9.10. The highest BCUT2D eigenvalue weighted by Crippen LogP contribution is 2.19. The minimum Gasteiger partial charge on any atom is -0.345 e. The number of hydrogen-bond acceptors (Lipinski definition) is 3. The number of aryl methyl sites for hydroxylation is 2. The third-order valence-electron chi connectivity index (χ3n) is 3.84. The quantitative estimate of drug-likeness (QED) is 0.926. The van der Waals surface area contributed by atoms with E-state index in [1.54, 1.807) is 0 Å². The second-order valence-electron chi connectivity index (χ2n) is 5.34. The van der Waals surface area contributed by atoms with Crippen molar-refractivity contribution >= 4 is 0 Å². The lowest BCUT2D eigenvalue weighted by atomic mass is 10.1. The zero-order valence-electron chi connectivity index (χ0n) is 12.0. The Bertz CT molecular complexity index is 658. The second-order valence-corrected chi connectivity index (χ2v) is 5.34. The summed E-state index contributed by atoms with van der Waals surface area (Å²) in [6, 6.07) is 4.25. The molecule has 20 heavy (non-hydrogen) atoms. The number of aromatic nitrogens is 3. The van der Waals surface area contributed by atoms with Gasteiger partial charge in [-0.25, -0.2) is 4.98 Å². The van der Waals surface area contributed by atoms with Crippen molar-refractivity contribution in [2.45, 2.75) is 39.9 Å². The van der Waals surface area contributed by atoms with Gasteiger partial charge in [0, 0.05) is 38.8 Å². The molecule has 104 valence electrons. The number of rotatable bonds is 3. The SMILES string of the molecule is CCn1cc(CN2CCc3nc(C)[nH]c3C2)cc1C#N. The van der Waals surface area contributed by atoms with Crippen LogP contribution in [0.2, 0.25) is 0 Å². The molecule has 0 bridgehead atoms. The van der Waals surface area contributed by atoms with E-state index in [4.69, 9.17) is 5.26 Å². The lowest BCUT2D eigenvalue weighted by molar-refractivity contribution is 0.241. The van der Waals surface area contributed by atoms with E-state index >= 15 is 0 Å². The molecule has 0 aliphatic carbocycles. The summed E-state index contributed by atoms with van der Waals surface area (Å²) >= 11 is 0. The topological polar surface area (TPSA) is 60.6 Å². The Labute approximate surface area is 118 Å². The molecule has 2 aromatic heterocycles. The van der Waals surface area contributed by atoms with Gasteiger partial charge in [0.15, 0.2) is 0 Å². The van der Waals surface area contributed by atoms with Gasteiger partial charge in [-0.3, -0.25) is 4.90 Å². The Morgan fingerprint density at radius 2 is 2.35 bits per heavy atom. The van der Waals surface area contributed by atoms with Gasteiger partial charge in [0.05, 0.1) is 11.4 Å². The third kappa shape index (κ3) is 2.35. The van der Waals surface area contributed by atoms with E-state index in [0.29, 0.717) is 0 Å². The van der Waals surface area contributed by atoms with Gasteiger partial charge in [0.1, 0.15) is 17.6 Å². The maximum Gasteiger partial charge on any atom is 0.120 e. The fourth-order valence-electron chi connectivity index (χ4n) is 2.90. The van der Waals surface area contributed by atoms with Gasteiger partial charge in [-0.15, -0.1) is 0 Å². The van der Waals surface area contributed by atoms with Gasteiger partial charge in [-0.1, -0.05) is 0 Å². The molecule has 5 heteroatoms. The summed E-state index contributed by atoms with van der Waals surface area (Å²) in [6.45, 7) is 7.73. The first-order valence-electron chi connectivity index (χ1n) is 7.05. The number of nitrogens with zero attached hydrogens (tertiary/aromatic N) is 4. The van der Waals surface area contributed by atoms with Gasteiger partial charge < -0.3 is 9.55 Å². The standard InChI is InChI=1S/C15H19N5/c1-3-20-9-12(6-13(20)7-16)8-19-5-4-14-15(10-19)18-11(2)17-14/h6,9H,3-5,8,10H2,1-2H3,(H,17,18). The monoisotopic (exact) mass is 269 g/mol. The summed E-state index contributed by atoms with van der Waals surface area (Å²) in [5.41, 5.74) is 4.41. The van der Waals surface area contributed by atoms with E-state index in [-0.39, 0.29) is 0 Å². The normalized spacial score (nSPS) is 15.1. The summed E-state index contributed by atoms with van der Waals surface area (Å²) in [4.78, 5) is 10.2. The minimum atomic E-state index is 0.748. The van der Waals surface area contributed by atoms with E-state index in [0.717, 1.165) is 44.1 Å². The van der Waals surface area contributed by atoms with Crippen LogP contribution in [-0.4, -0.2) is 26.0 Å². The number of fused-ring (bicyclic) bond motifs is 1. The largest absolute Gasteiger partial charge is 0.345 e. The Morgan fingerprint density at radius 3 is 3.05 bits per heavy atom. The van der Waals surface area contributed by atoms with Crippen molar-refractivity contribution in [2.24, 2.45) is 0 Å². The predicted octanol–water partition coefficient (Wildman–Crippen LogP) is 1.97. The molecule has 1 aliphatic heterocycles. The molecule has 3 heterocycles. The molecule has 0 spiro atoms. The van der Waals surface area contributed by atoms with Gasteiger partial charge in [-0.05, 0) is 25.5 Å². The van der Waals surface area contributed by atoms with Crippen LogP contribution in [0.15, 0.2) is 12.3 Å². The van der Waals surface area contributed by atoms with Crippen LogP contribution >= 0.6 is 0 Å². The molecular formula is C15H19N5. The van der Waals surface area contributed by atoms with Crippen LogP contribution in [0.25, 0.3) is 0 Å². The fourth-order valence-corrected chi connectivity index (χ4v) is 2.90. The van der Waals surface area contributed by atoms with Crippen molar-refractivity contribution in [3.05, 3.63) is 40.7 Å². The van der Waals surface area contributed by atoms with Crippen molar-refractivity contribution in [1.82, 2.24) is 19.4 Å². The molecule has 0 aromatic carbocycles. The smallest absolute Gasteiger partial charge is 0.120 e. The van der Waals surface area contributed by atoms with Crippen molar-refractivity contribution in [1.29, 1.82) is 5.26 Å². The Kier molecular flexibility index (Phi) is 3.33. The molecule has 0 saturated heterocycles. The van der Waals surface area contributed by atoms with Gasteiger partial charge in [0.2, 0.25) is 0 Å². The summed E-state index contributed by atoms with van der Waals surface area (Å²) in [5, 5.41) is 9.10. The summed E-state index contributed by atoms with van der Waals surface area (Å²) in [7, 11) is 0. The van der Waals surface area contributed by atoms with E-state index in [1.165, 1.54) is 17.0 Å². The van der Waals surface area contributed by atoms with Crippen molar-refractivity contribution in [2.75, 3.05) is 6.54 Å². The number of nitriles is 1. The van der Waals surface area contributed by atoms with Crippen LogP contribution < -0.4 is 0 Å².